The lowest BCUT2D eigenvalue weighted by atomic mass is 10.1. The number of halogens is 3. The minimum absolute atomic E-state index is 0.116. The van der Waals surface area contributed by atoms with E-state index in [4.69, 9.17) is 5.73 Å². The van der Waals surface area contributed by atoms with Gasteiger partial charge in [-0.15, -0.1) is 0 Å². The molecular formula is C11H11F3N2. The zero-order valence-electron chi connectivity index (χ0n) is 8.62. The van der Waals surface area contributed by atoms with Crippen molar-refractivity contribution in [3.8, 4) is 0 Å². The average Bonchev–Trinajstić information content (AvgIpc) is 2.55. The van der Waals surface area contributed by atoms with E-state index in [0.29, 0.717) is 5.39 Å². The number of aromatic nitrogens is 1. The zero-order valence-corrected chi connectivity index (χ0v) is 8.62. The average molecular weight is 228 g/mol. The van der Waals surface area contributed by atoms with Crippen molar-refractivity contribution in [1.29, 1.82) is 0 Å². The number of rotatable bonds is 1. The van der Waals surface area contributed by atoms with Crippen LogP contribution in [0.25, 0.3) is 10.9 Å². The van der Waals surface area contributed by atoms with Crippen LogP contribution in [0.2, 0.25) is 0 Å². The standard InChI is InChI=1S/C11H11F3N2/c1-16-6-8(10(15)11(12,13)14)7-4-2-3-5-9(7)16/h2-6,10H,15H2,1H3/t10-/m1/s1. The summed E-state index contributed by atoms with van der Waals surface area (Å²) in [6.07, 6.45) is -2.98. The second kappa shape index (κ2) is 3.52. The summed E-state index contributed by atoms with van der Waals surface area (Å²) in [5.41, 5.74) is 6.08. The highest BCUT2D eigenvalue weighted by atomic mass is 19.4. The summed E-state index contributed by atoms with van der Waals surface area (Å²) in [5.74, 6) is 0. The number of nitrogens with zero attached hydrogens (tertiary/aromatic N) is 1. The van der Waals surface area contributed by atoms with Crippen LogP contribution in [0.3, 0.4) is 0 Å². The molecule has 0 unspecified atom stereocenters. The smallest absolute Gasteiger partial charge is 0.350 e. The van der Waals surface area contributed by atoms with E-state index in [0.717, 1.165) is 5.52 Å². The summed E-state index contributed by atoms with van der Waals surface area (Å²) in [7, 11) is 1.70. The number of hydrogen-bond acceptors (Lipinski definition) is 1. The summed E-state index contributed by atoms with van der Waals surface area (Å²) in [6, 6.07) is 4.97. The Balaban J connectivity index is 2.62. The SMILES string of the molecule is Cn1cc([C@@H](N)C(F)(F)F)c2ccccc21. The molecule has 0 bridgehead atoms. The highest BCUT2D eigenvalue weighted by Crippen LogP contribution is 2.34. The third kappa shape index (κ3) is 1.67. The maximum absolute atomic E-state index is 12.5. The van der Waals surface area contributed by atoms with Crippen LogP contribution in [-0.4, -0.2) is 10.7 Å². The fraction of sp³-hybridized carbons (Fsp3) is 0.273. The molecule has 2 rings (SSSR count). The molecule has 0 fully saturated rings. The van der Waals surface area contributed by atoms with Gasteiger partial charge < -0.3 is 10.3 Å². The Bertz CT molecular complexity index is 513. The molecule has 0 aliphatic rings. The monoisotopic (exact) mass is 228 g/mol. The van der Waals surface area contributed by atoms with Gasteiger partial charge in [0.1, 0.15) is 6.04 Å². The summed E-state index contributed by atoms with van der Waals surface area (Å²) in [6.45, 7) is 0. The lowest BCUT2D eigenvalue weighted by molar-refractivity contribution is -0.148. The number of hydrogen-bond donors (Lipinski definition) is 1. The van der Waals surface area contributed by atoms with Crippen molar-refractivity contribution in [1.82, 2.24) is 4.57 Å². The van der Waals surface area contributed by atoms with Crippen molar-refractivity contribution in [2.45, 2.75) is 12.2 Å². The van der Waals surface area contributed by atoms with E-state index >= 15 is 0 Å². The summed E-state index contributed by atoms with van der Waals surface area (Å²) < 4.78 is 39.3. The molecule has 1 aromatic carbocycles. The summed E-state index contributed by atoms with van der Waals surface area (Å²) in [5, 5.41) is 0.551. The van der Waals surface area contributed by atoms with E-state index in [-0.39, 0.29) is 5.56 Å². The highest BCUT2D eigenvalue weighted by molar-refractivity contribution is 5.84. The number of benzene rings is 1. The van der Waals surface area contributed by atoms with Crippen LogP contribution < -0.4 is 5.73 Å². The van der Waals surface area contributed by atoms with Crippen LogP contribution in [0.4, 0.5) is 13.2 Å². The van der Waals surface area contributed by atoms with Crippen LogP contribution in [0.5, 0.6) is 0 Å². The molecule has 2 nitrogen and oxygen atoms in total. The van der Waals surface area contributed by atoms with Crippen molar-refractivity contribution in [2.75, 3.05) is 0 Å². The van der Waals surface area contributed by atoms with Gasteiger partial charge in [0.2, 0.25) is 0 Å². The first-order valence-corrected chi connectivity index (χ1v) is 4.77. The molecule has 0 aliphatic heterocycles. The molecule has 16 heavy (non-hydrogen) atoms. The molecule has 0 saturated heterocycles. The maximum atomic E-state index is 12.5. The van der Waals surface area contributed by atoms with Crippen LogP contribution in [0.1, 0.15) is 11.6 Å². The van der Waals surface area contributed by atoms with Crippen LogP contribution in [0, 0.1) is 0 Å². The Morgan fingerprint density at radius 3 is 2.50 bits per heavy atom. The van der Waals surface area contributed by atoms with E-state index in [2.05, 4.69) is 0 Å². The Kier molecular flexibility index (Phi) is 2.42. The quantitative estimate of drug-likeness (QED) is 0.799. The summed E-state index contributed by atoms with van der Waals surface area (Å²) in [4.78, 5) is 0. The minimum atomic E-state index is -4.41. The number of nitrogens with two attached hydrogens (primary N) is 1. The first kappa shape index (κ1) is 11.0. The largest absolute Gasteiger partial charge is 0.407 e. The van der Waals surface area contributed by atoms with Gasteiger partial charge in [-0.2, -0.15) is 13.2 Å². The molecule has 0 spiro atoms. The molecule has 0 saturated carbocycles. The van der Waals surface area contributed by atoms with Gasteiger partial charge in [-0.05, 0) is 6.07 Å². The molecule has 86 valence electrons. The van der Waals surface area contributed by atoms with Crippen molar-refractivity contribution in [2.24, 2.45) is 12.8 Å². The fourth-order valence-corrected chi connectivity index (χ4v) is 1.80. The lowest BCUT2D eigenvalue weighted by Gasteiger charge is -2.14. The molecule has 0 aliphatic carbocycles. The number of aryl methyl sites for hydroxylation is 1. The molecule has 0 amide bonds. The van der Waals surface area contributed by atoms with Crippen molar-refractivity contribution >= 4 is 10.9 Å². The van der Waals surface area contributed by atoms with Crippen LogP contribution in [-0.2, 0) is 7.05 Å². The van der Waals surface area contributed by atoms with Crippen LogP contribution in [0.15, 0.2) is 30.5 Å². The molecule has 2 N–H and O–H groups in total. The molecular weight excluding hydrogens is 217 g/mol. The van der Waals surface area contributed by atoms with Crippen molar-refractivity contribution in [3.05, 3.63) is 36.0 Å². The lowest BCUT2D eigenvalue weighted by Crippen LogP contribution is -2.28. The van der Waals surface area contributed by atoms with Crippen molar-refractivity contribution < 1.29 is 13.2 Å². The van der Waals surface area contributed by atoms with E-state index in [1.165, 1.54) is 6.20 Å². The van der Waals surface area contributed by atoms with Gasteiger partial charge in [0.25, 0.3) is 0 Å². The molecule has 2 aromatic rings. The topological polar surface area (TPSA) is 30.9 Å². The van der Waals surface area contributed by atoms with Gasteiger partial charge in [-0.3, -0.25) is 0 Å². The van der Waals surface area contributed by atoms with E-state index in [9.17, 15) is 13.2 Å². The third-order valence-electron chi connectivity index (χ3n) is 2.62. The molecule has 5 heteroatoms. The first-order valence-electron chi connectivity index (χ1n) is 4.77. The van der Waals surface area contributed by atoms with Gasteiger partial charge in [0, 0.05) is 29.7 Å². The molecule has 0 radical (unpaired) electrons. The Hall–Kier alpha value is -1.49. The van der Waals surface area contributed by atoms with E-state index in [1.807, 2.05) is 0 Å². The van der Waals surface area contributed by atoms with Crippen molar-refractivity contribution in [3.63, 3.8) is 0 Å². The third-order valence-corrected chi connectivity index (χ3v) is 2.62. The first-order chi connectivity index (χ1) is 7.41. The second-order valence-electron chi connectivity index (χ2n) is 3.73. The fourth-order valence-electron chi connectivity index (χ4n) is 1.80. The van der Waals surface area contributed by atoms with Gasteiger partial charge in [0.05, 0.1) is 0 Å². The highest BCUT2D eigenvalue weighted by Gasteiger charge is 2.39. The maximum Gasteiger partial charge on any atom is 0.407 e. The Morgan fingerprint density at radius 1 is 1.25 bits per heavy atom. The predicted molar refractivity (Wildman–Crippen MR) is 55.9 cm³/mol. The number of fused-ring (bicyclic) bond motifs is 1. The van der Waals surface area contributed by atoms with Gasteiger partial charge in [-0.25, -0.2) is 0 Å². The zero-order chi connectivity index (χ0) is 11.9. The number of para-hydroxylation sites is 1. The van der Waals surface area contributed by atoms with Gasteiger partial charge in [-0.1, -0.05) is 18.2 Å². The van der Waals surface area contributed by atoms with Gasteiger partial charge in [0.15, 0.2) is 0 Å². The normalized spacial score (nSPS) is 14.3. The number of alkyl halides is 3. The molecule has 1 atom stereocenters. The Labute approximate surface area is 90.5 Å². The van der Waals surface area contributed by atoms with Gasteiger partial charge >= 0.3 is 6.18 Å². The predicted octanol–water partition coefficient (Wildman–Crippen LogP) is 2.74. The Morgan fingerprint density at radius 2 is 1.88 bits per heavy atom. The van der Waals surface area contributed by atoms with E-state index in [1.54, 1.807) is 35.9 Å². The second-order valence-corrected chi connectivity index (χ2v) is 3.73. The van der Waals surface area contributed by atoms with Crippen LogP contribution >= 0.6 is 0 Å². The summed E-state index contributed by atoms with van der Waals surface area (Å²) >= 11 is 0. The molecule has 1 aromatic heterocycles. The molecule has 1 heterocycles. The van der Waals surface area contributed by atoms with E-state index < -0.39 is 12.2 Å². The minimum Gasteiger partial charge on any atom is -0.350 e.